The van der Waals surface area contributed by atoms with Crippen LogP contribution in [0.5, 0.6) is 0 Å². The molecule has 1 aromatic carbocycles. The van der Waals surface area contributed by atoms with E-state index in [-0.39, 0.29) is 24.2 Å². The van der Waals surface area contributed by atoms with E-state index in [0.717, 1.165) is 25.3 Å². The van der Waals surface area contributed by atoms with Crippen molar-refractivity contribution in [2.24, 2.45) is 5.92 Å². The summed E-state index contributed by atoms with van der Waals surface area (Å²) in [5.74, 6) is -0.211. The summed E-state index contributed by atoms with van der Waals surface area (Å²) in [7, 11) is 0. The van der Waals surface area contributed by atoms with Gasteiger partial charge in [-0.05, 0) is 35.9 Å². The Bertz CT molecular complexity index is 852. The number of amides is 2. The third-order valence-corrected chi connectivity index (χ3v) is 5.67. The molecule has 1 unspecified atom stereocenters. The van der Waals surface area contributed by atoms with E-state index >= 15 is 0 Å². The van der Waals surface area contributed by atoms with Crippen LogP contribution in [-0.2, 0) is 16.1 Å². The summed E-state index contributed by atoms with van der Waals surface area (Å²) in [6, 6.07) is 11.3. The average Bonchev–Trinajstić information content (AvgIpc) is 3.10. The number of halogens is 1. The molecule has 3 heterocycles. The summed E-state index contributed by atoms with van der Waals surface area (Å²) in [6.45, 7) is 4.38. The Kier molecular flexibility index (Phi) is 5.59. The third-order valence-electron chi connectivity index (χ3n) is 5.43. The number of rotatable bonds is 4. The fourth-order valence-corrected chi connectivity index (χ4v) is 4.08. The van der Waals surface area contributed by atoms with Crippen LogP contribution in [0.25, 0.3) is 0 Å². The van der Waals surface area contributed by atoms with Crippen molar-refractivity contribution in [1.29, 1.82) is 0 Å². The Morgan fingerprint density at radius 3 is 2.57 bits per heavy atom. The maximum Gasteiger partial charge on any atom is 0.228 e. The summed E-state index contributed by atoms with van der Waals surface area (Å²) in [4.78, 5) is 35.4. The number of hydrogen-bond acceptors (Lipinski definition) is 4. The van der Waals surface area contributed by atoms with Crippen LogP contribution in [0.15, 0.2) is 48.8 Å². The van der Waals surface area contributed by atoms with Crippen molar-refractivity contribution in [2.45, 2.75) is 13.0 Å². The van der Waals surface area contributed by atoms with Crippen molar-refractivity contribution in [3.63, 3.8) is 0 Å². The van der Waals surface area contributed by atoms with Crippen molar-refractivity contribution in [3.8, 4) is 0 Å². The van der Waals surface area contributed by atoms with Gasteiger partial charge in [0.25, 0.3) is 0 Å². The highest BCUT2D eigenvalue weighted by molar-refractivity contribution is 6.31. The molecule has 2 aromatic rings. The van der Waals surface area contributed by atoms with Crippen LogP contribution in [0.3, 0.4) is 0 Å². The van der Waals surface area contributed by atoms with E-state index in [1.165, 1.54) is 5.56 Å². The summed E-state index contributed by atoms with van der Waals surface area (Å²) in [6.07, 6.45) is 3.87. The fraction of sp³-hybridized carbons (Fsp3) is 0.381. The topological polar surface area (TPSA) is 56.8 Å². The summed E-state index contributed by atoms with van der Waals surface area (Å²) < 4.78 is 0. The van der Waals surface area contributed by atoms with Gasteiger partial charge in [-0.15, -0.1) is 0 Å². The number of aromatic nitrogens is 1. The quantitative estimate of drug-likeness (QED) is 0.793. The van der Waals surface area contributed by atoms with Gasteiger partial charge >= 0.3 is 0 Å². The number of pyridine rings is 1. The first-order valence-electron chi connectivity index (χ1n) is 9.56. The first-order valence-corrected chi connectivity index (χ1v) is 9.94. The standard InChI is InChI=1S/C21H23ClN4O2/c22-18-2-1-3-19(13-18)26-15-17(12-20(26)27)21(28)25-10-8-24(9-11-25)14-16-4-6-23-7-5-16/h1-7,13,17H,8-12,14-15H2. The second kappa shape index (κ2) is 8.29. The summed E-state index contributed by atoms with van der Waals surface area (Å²) in [5, 5.41) is 0.588. The van der Waals surface area contributed by atoms with E-state index in [0.29, 0.717) is 24.7 Å². The van der Waals surface area contributed by atoms with Gasteiger partial charge in [0.15, 0.2) is 0 Å². The number of hydrogen-bond donors (Lipinski definition) is 0. The predicted octanol–water partition coefficient (Wildman–Crippen LogP) is 2.43. The number of carbonyl (C=O) groups is 2. The minimum atomic E-state index is -0.279. The predicted molar refractivity (Wildman–Crippen MR) is 108 cm³/mol. The van der Waals surface area contributed by atoms with E-state index < -0.39 is 0 Å². The van der Waals surface area contributed by atoms with Gasteiger partial charge in [0.05, 0.1) is 5.92 Å². The highest BCUT2D eigenvalue weighted by Gasteiger charge is 2.37. The molecule has 0 bridgehead atoms. The SMILES string of the molecule is O=C(C1CC(=O)N(c2cccc(Cl)c2)C1)N1CCN(Cc2ccncc2)CC1. The first kappa shape index (κ1) is 18.9. The van der Waals surface area contributed by atoms with Crippen LogP contribution in [0.1, 0.15) is 12.0 Å². The zero-order chi connectivity index (χ0) is 19.5. The molecule has 0 N–H and O–H groups in total. The molecule has 0 radical (unpaired) electrons. The van der Waals surface area contributed by atoms with Crippen LogP contribution in [0, 0.1) is 5.92 Å². The van der Waals surface area contributed by atoms with E-state index in [9.17, 15) is 9.59 Å². The minimum absolute atomic E-state index is 0.0167. The highest BCUT2D eigenvalue weighted by Crippen LogP contribution is 2.28. The van der Waals surface area contributed by atoms with Crippen molar-refractivity contribution >= 4 is 29.1 Å². The van der Waals surface area contributed by atoms with Gasteiger partial charge in [-0.25, -0.2) is 0 Å². The monoisotopic (exact) mass is 398 g/mol. The van der Waals surface area contributed by atoms with E-state index in [4.69, 9.17) is 11.6 Å². The van der Waals surface area contributed by atoms with E-state index in [2.05, 4.69) is 9.88 Å². The molecule has 2 amide bonds. The fourth-order valence-electron chi connectivity index (χ4n) is 3.90. The molecule has 28 heavy (non-hydrogen) atoms. The van der Waals surface area contributed by atoms with Gasteiger partial charge in [-0.2, -0.15) is 0 Å². The van der Waals surface area contributed by atoms with Crippen LogP contribution < -0.4 is 4.90 Å². The molecule has 4 rings (SSSR count). The van der Waals surface area contributed by atoms with E-state index in [1.54, 1.807) is 29.4 Å². The first-order chi connectivity index (χ1) is 13.6. The Morgan fingerprint density at radius 1 is 1.11 bits per heavy atom. The molecule has 146 valence electrons. The van der Waals surface area contributed by atoms with Gasteiger partial charge in [-0.1, -0.05) is 17.7 Å². The summed E-state index contributed by atoms with van der Waals surface area (Å²) >= 11 is 6.04. The molecule has 0 saturated carbocycles. The molecule has 1 atom stereocenters. The van der Waals surface area contributed by atoms with Gasteiger partial charge in [0, 0.05) is 68.8 Å². The van der Waals surface area contributed by atoms with Gasteiger partial charge in [-0.3, -0.25) is 19.5 Å². The lowest BCUT2D eigenvalue weighted by atomic mass is 10.1. The summed E-state index contributed by atoms with van der Waals surface area (Å²) in [5.41, 5.74) is 1.99. The maximum absolute atomic E-state index is 12.9. The Balaban J connectivity index is 1.32. The minimum Gasteiger partial charge on any atom is -0.340 e. The van der Waals surface area contributed by atoms with Gasteiger partial charge in [0.1, 0.15) is 0 Å². The Hall–Kier alpha value is -2.44. The molecule has 2 saturated heterocycles. The second-order valence-corrected chi connectivity index (χ2v) is 7.78. The number of piperazine rings is 1. The number of benzene rings is 1. The van der Waals surface area contributed by atoms with E-state index in [1.807, 2.05) is 29.2 Å². The lowest BCUT2D eigenvalue weighted by Crippen LogP contribution is -2.50. The molecule has 0 spiro atoms. The molecule has 6 nitrogen and oxygen atoms in total. The molecular formula is C21H23ClN4O2. The average molecular weight is 399 g/mol. The molecular weight excluding hydrogens is 376 g/mol. The maximum atomic E-state index is 12.9. The second-order valence-electron chi connectivity index (χ2n) is 7.34. The molecule has 2 aliphatic rings. The normalized spacial score (nSPS) is 20.6. The molecule has 0 aliphatic carbocycles. The highest BCUT2D eigenvalue weighted by atomic mass is 35.5. The molecule has 7 heteroatoms. The van der Waals surface area contributed by atoms with Crippen molar-refractivity contribution in [3.05, 3.63) is 59.4 Å². The molecule has 2 aliphatic heterocycles. The van der Waals surface area contributed by atoms with Crippen molar-refractivity contribution < 1.29 is 9.59 Å². The van der Waals surface area contributed by atoms with Crippen molar-refractivity contribution in [2.75, 3.05) is 37.6 Å². The van der Waals surface area contributed by atoms with Crippen LogP contribution in [0.4, 0.5) is 5.69 Å². The zero-order valence-electron chi connectivity index (χ0n) is 15.6. The van der Waals surface area contributed by atoms with Crippen LogP contribution in [-0.4, -0.2) is 59.3 Å². The lowest BCUT2D eigenvalue weighted by molar-refractivity contribution is -0.137. The lowest BCUT2D eigenvalue weighted by Gasteiger charge is -2.35. The van der Waals surface area contributed by atoms with Gasteiger partial charge < -0.3 is 9.80 Å². The van der Waals surface area contributed by atoms with Gasteiger partial charge in [0.2, 0.25) is 11.8 Å². The molecule has 1 aromatic heterocycles. The number of anilines is 1. The molecule has 2 fully saturated rings. The third kappa shape index (κ3) is 4.18. The van der Waals surface area contributed by atoms with Crippen molar-refractivity contribution in [1.82, 2.24) is 14.8 Å². The Morgan fingerprint density at radius 2 is 1.86 bits per heavy atom. The van der Waals surface area contributed by atoms with Crippen LogP contribution >= 0.6 is 11.6 Å². The number of nitrogens with zero attached hydrogens (tertiary/aromatic N) is 4. The Labute approximate surface area is 169 Å². The smallest absolute Gasteiger partial charge is 0.228 e. The zero-order valence-corrected chi connectivity index (χ0v) is 16.4. The van der Waals surface area contributed by atoms with Crippen LogP contribution in [0.2, 0.25) is 5.02 Å². The number of carbonyl (C=O) groups excluding carboxylic acids is 2. The largest absolute Gasteiger partial charge is 0.340 e.